The second-order valence-electron chi connectivity index (χ2n) is 11.0. The van der Waals surface area contributed by atoms with Crippen LogP contribution in [0.3, 0.4) is 0 Å². The quantitative estimate of drug-likeness (QED) is 0.449. The first kappa shape index (κ1) is 19.1. The molecule has 0 bridgehead atoms. The maximum absolute atomic E-state index is 2.59. The van der Waals surface area contributed by atoms with Crippen molar-refractivity contribution in [1.82, 2.24) is 0 Å². The second kappa shape index (κ2) is 8.83. The molecule has 0 heteroatoms. The van der Waals surface area contributed by atoms with Gasteiger partial charge in [-0.3, -0.25) is 0 Å². The molecule has 2 atom stereocenters. The summed E-state index contributed by atoms with van der Waals surface area (Å²) in [6.07, 6.45) is 26.6. The Hall–Kier alpha value is -0.260. The Bertz CT molecular complexity index is 439. The highest BCUT2D eigenvalue weighted by molar-refractivity contribution is 5.00. The van der Waals surface area contributed by atoms with E-state index in [0.717, 1.165) is 47.3 Å². The molecule has 0 radical (unpaired) electrons. The van der Waals surface area contributed by atoms with Crippen LogP contribution in [0.1, 0.15) is 104 Å². The van der Waals surface area contributed by atoms with Crippen molar-refractivity contribution in [2.45, 2.75) is 104 Å². The molecular formula is C26H44. The summed E-state index contributed by atoms with van der Waals surface area (Å²) in [4.78, 5) is 0. The van der Waals surface area contributed by atoms with Crippen molar-refractivity contribution in [3.05, 3.63) is 12.2 Å². The maximum Gasteiger partial charge on any atom is -0.0205 e. The largest absolute Gasteiger partial charge is 0.0854 e. The molecule has 0 saturated heterocycles. The van der Waals surface area contributed by atoms with Crippen LogP contribution in [0, 0.1) is 47.3 Å². The van der Waals surface area contributed by atoms with Crippen LogP contribution >= 0.6 is 0 Å². The van der Waals surface area contributed by atoms with Crippen LogP contribution < -0.4 is 0 Å². The molecule has 4 rings (SSSR count). The van der Waals surface area contributed by atoms with E-state index in [4.69, 9.17) is 0 Å². The van der Waals surface area contributed by atoms with Crippen LogP contribution in [-0.4, -0.2) is 0 Å². The first-order valence-electron chi connectivity index (χ1n) is 12.4. The third-order valence-electron chi connectivity index (χ3n) is 9.27. The summed E-state index contributed by atoms with van der Waals surface area (Å²) < 4.78 is 0. The van der Waals surface area contributed by atoms with Crippen LogP contribution in [0.15, 0.2) is 12.2 Å². The van der Waals surface area contributed by atoms with Gasteiger partial charge in [0.05, 0.1) is 0 Å². The van der Waals surface area contributed by atoms with Gasteiger partial charge in [0.1, 0.15) is 0 Å². The van der Waals surface area contributed by atoms with Crippen LogP contribution in [0.2, 0.25) is 0 Å². The topological polar surface area (TPSA) is 0 Å². The Balaban J connectivity index is 1.19. The van der Waals surface area contributed by atoms with Crippen molar-refractivity contribution in [1.29, 1.82) is 0 Å². The lowest BCUT2D eigenvalue weighted by Gasteiger charge is -2.42. The molecule has 4 aliphatic carbocycles. The number of hydrogen-bond donors (Lipinski definition) is 0. The SMILES string of the molecule is CC1C=CC(C2CCC(C3CCC(C4CCC(C)CC4)CC3)CC2)CC1. The Kier molecular flexibility index (Phi) is 6.48. The van der Waals surface area contributed by atoms with Crippen molar-refractivity contribution in [3.8, 4) is 0 Å². The Morgan fingerprint density at radius 1 is 0.423 bits per heavy atom. The fraction of sp³-hybridized carbons (Fsp3) is 0.923. The highest BCUT2D eigenvalue weighted by Crippen LogP contribution is 2.47. The lowest BCUT2D eigenvalue weighted by molar-refractivity contribution is 0.0990. The Morgan fingerprint density at radius 3 is 1.27 bits per heavy atom. The standard InChI is InChI=1S/C26H44/c1-19-3-7-21(8-4-19)23-11-15-25(16-12-23)26-17-13-24(14-18-26)22-9-5-20(2)6-10-22/h3,7,19-26H,4-6,8-18H2,1-2H3. The lowest BCUT2D eigenvalue weighted by Crippen LogP contribution is -2.30. The molecule has 26 heavy (non-hydrogen) atoms. The van der Waals surface area contributed by atoms with Gasteiger partial charge < -0.3 is 0 Å². The highest BCUT2D eigenvalue weighted by atomic mass is 14.4. The third kappa shape index (κ3) is 4.59. The molecular weight excluding hydrogens is 312 g/mol. The summed E-state index contributed by atoms with van der Waals surface area (Å²) in [6, 6.07) is 0. The molecule has 0 aromatic carbocycles. The van der Waals surface area contributed by atoms with E-state index in [2.05, 4.69) is 26.0 Å². The zero-order valence-electron chi connectivity index (χ0n) is 17.7. The van der Waals surface area contributed by atoms with Crippen molar-refractivity contribution >= 4 is 0 Å². The molecule has 0 aliphatic heterocycles. The van der Waals surface area contributed by atoms with Gasteiger partial charge in [-0.05, 0) is 124 Å². The predicted octanol–water partition coefficient (Wildman–Crippen LogP) is 8.03. The molecule has 0 nitrogen and oxygen atoms in total. The average Bonchev–Trinajstić information content (AvgIpc) is 2.70. The van der Waals surface area contributed by atoms with Gasteiger partial charge in [0, 0.05) is 0 Å². The first-order chi connectivity index (χ1) is 12.7. The van der Waals surface area contributed by atoms with Crippen LogP contribution in [0.25, 0.3) is 0 Å². The minimum Gasteiger partial charge on any atom is -0.0854 e. The predicted molar refractivity (Wildman–Crippen MR) is 113 cm³/mol. The van der Waals surface area contributed by atoms with Crippen molar-refractivity contribution in [2.75, 3.05) is 0 Å². The van der Waals surface area contributed by atoms with E-state index in [0.29, 0.717) is 0 Å². The number of allylic oxidation sites excluding steroid dienone is 2. The average molecular weight is 357 g/mol. The van der Waals surface area contributed by atoms with E-state index in [1.54, 1.807) is 51.4 Å². The number of rotatable bonds is 3. The Labute approximate surface area is 163 Å². The molecule has 0 N–H and O–H groups in total. The molecule has 2 unspecified atom stereocenters. The molecule has 4 aliphatic rings. The fourth-order valence-electron chi connectivity index (χ4n) is 7.26. The maximum atomic E-state index is 2.59. The van der Waals surface area contributed by atoms with E-state index in [9.17, 15) is 0 Å². The van der Waals surface area contributed by atoms with E-state index >= 15 is 0 Å². The summed E-state index contributed by atoms with van der Waals surface area (Å²) >= 11 is 0. The summed E-state index contributed by atoms with van der Waals surface area (Å²) in [5.41, 5.74) is 0. The van der Waals surface area contributed by atoms with E-state index in [1.807, 2.05) is 0 Å². The molecule has 3 fully saturated rings. The number of hydrogen-bond acceptors (Lipinski definition) is 0. The van der Waals surface area contributed by atoms with Gasteiger partial charge in [0.25, 0.3) is 0 Å². The van der Waals surface area contributed by atoms with Crippen LogP contribution in [0.5, 0.6) is 0 Å². The summed E-state index contributed by atoms with van der Waals surface area (Å²) in [6.45, 7) is 4.85. The summed E-state index contributed by atoms with van der Waals surface area (Å²) in [5, 5.41) is 0. The fourth-order valence-corrected chi connectivity index (χ4v) is 7.26. The molecule has 0 aromatic heterocycles. The molecule has 3 saturated carbocycles. The van der Waals surface area contributed by atoms with Gasteiger partial charge in [-0.2, -0.15) is 0 Å². The van der Waals surface area contributed by atoms with Crippen molar-refractivity contribution in [2.24, 2.45) is 47.3 Å². The minimum atomic E-state index is 0.838. The van der Waals surface area contributed by atoms with E-state index in [-0.39, 0.29) is 0 Å². The van der Waals surface area contributed by atoms with Gasteiger partial charge in [0.15, 0.2) is 0 Å². The molecule has 0 aromatic rings. The van der Waals surface area contributed by atoms with Gasteiger partial charge >= 0.3 is 0 Å². The van der Waals surface area contributed by atoms with E-state index < -0.39 is 0 Å². The van der Waals surface area contributed by atoms with Gasteiger partial charge in [-0.25, -0.2) is 0 Å². The van der Waals surface area contributed by atoms with Gasteiger partial charge in [-0.15, -0.1) is 0 Å². The molecule has 0 amide bonds. The first-order valence-corrected chi connectivity index (χ1v) is 12.4. The van der Waals surface area contributed by atoms with Crippen LogP contribution in [-0.2, 0) is 0 Å². The smallest absolute Gasteiger partial charge is 0.0205 e. The third-order valence-corrected chi connectivity index (χ3v) is 9.27. The zero-order valence-corrected chi connectivity index (χ0v) is 17.7. The Morgan fingerprint density at radius 2 is 0.846 bits per heavy atom. The molecule has 0 spiro atoms. The molecule has 0 heterocycles. The van der Waals surface area contributed by atoms with Crippen molar-refractivity contribution < 1.29 is 0 Å². The van der Waals surface area contributed by atoms with Gasteiger partial charge in [-0.1, -0.05) is 38.8 Å². The van der Waals surface area contributed by atoms with Gasteiger partial charge in [0.2, 0.25) is 0 Å². The summed E-state index contributed by atoms with van der Waals surface area (Å²) in [5.74, 6) is 8.19. The summed E-state index contributed by atoms with van der Waals surface area (Å²) in [7, 11) is 0. The van der Waals surface area contributed by atoms with E-state index in [1.165, 1.54) is 38.5 Å². The second-order valence-corrected chi connectivity index (χ2v) is 11.0. The normalized spacial score (nSPS) is 47.6. The monoisotopic (exact) mass is 356 g/mol. The molecule has 148 valence electrons. The lowest BCUT2D eigenvalue weighted by atomic mass is 9.64. The minimum absolute atomic E-state index is 0.838. The highest BCUT2D eigenvalue weighted by Gasteiger charge is 2.35. The van der Waals surface area contributed by atoms with Crippen molar-refractivity contribution in [3.63, 3.8) is 0 Å². The van der Waals surface area contributed by atoms with Crippen LogP contribution in [0.4, 0.5) is 0 Å². The zero-order chi connectivity index (χ0) is 17.9.